The first kappa shape index (κ1) is 34.4. The number of aliphatic carboxylic acids is 1. The number of hydrogen-bond donors (Lipinski definition) is 2. The van der Waals surface area contributed by atoms with E-state index >= 15 is 8.78 Å². The second kappa shape index (κ2) is 13.4. The molecule has 0 saturated heterocycles. The molecule has 1 aliphatic rings. The van der Waals surface area contributed by atoms with E-state index in [0.29, 0.717) is 47.7 Å². The van der Waals surface area contributed by atoms with Gasteiger partial charge in [-0.3, -0.25) is 9.59 Å². The van der Waals surface area contributed by atoms with Gasteiger partial charge in [-0.05, 0) is 67.3 Å². The summed E-state index contributed by atoms with van der Waals surface area (Å²) in [5, 5.41) is 15.1. The second-order valence-electron chi connectivity index (χ2n) is 13.8. The Morgan fingerprint density at radius 1 is 1.10 bits per heavy atom. The molecule has 5 aromatic rings. The van der Waals surface area contributed by atoms with E-state index in [2.05, 4.69) is 4.98 Å². The summed E-state index contributed by atoms with van der Waals surface area (Å²) >= 11 is 1.63. The lowest BCUT2D eigenvalue weighted by Crippen LogP contribution is -2.32. The molecule has 8 nitrogen and oxygen atoms in total. The maximum absolute atomic E-state index is 15.6. The van der Waals surface area contributed by atoms with Gasteiger partial charge in [0.2, 0.25) is 0 Å². The van der Waals surface area contributed by atoms with Crippen LogP contribution in [0.5, 0.6) is 11.5 Å². The third-order valence-electron chi connectivity index (χ3n) is 9.62. The number of benzene rings is 3. The Hall–Kier alpha value is -4.51. The average Bonchev–Trinajstić information content (AvgIpc) is 3.69. The second-order valence-corrected chi connectivity index (χ2v) is 14.9. The molecule has 256 valence electrons. The van der Waals surface area contributed by atoms with Crippen LogP contribution in [0.25, 0.3) is 22.3 Å². The van der Waals surface area contributed by atoms with Crippen molar-refractivity contribution in [1.82, 2.24) is 19.7 Å². The third kappa shape index (κ3) is 6.86. The number of aromatic nitrogens is 4. The summed E-state index contributed by atoms with van der Waals surface area (Å²) in [5.41, 5.74) is 1.61. The van der Waals surface area contributed by atoms with Gasteiger partial charge in [0.05, 0.1) is 16.9 Å². The molecule has 2 atom stereocenters. The van der Waals surface area contributed by atoms with E-state index in [0.717, 1.165) is 16.5 Å². The molecule has 0 saturated carbocycles. The number of halogens is 2. The predicted molar refractivity (Wildman–Crippen MR) is 187 cm³/mol. The molecule has 2 unspecified atom stereocenters. The van der Waals surface area contributed by atoms with Crippen molar-refractivity contribution in [3.8, 4) is 22.9 Å². The van der Waals surface area contributed by atoms with Gasteiger partial charge in [0.1, 0.15) is 17.3 Å². The van der Waals surface area contributed by atoms with Crippen LogP contribution in [0.2, 0.25) is 0 Å². The Kier molecular flexibility index (Phi) is 9.41. The van der Waals surface area contributed by atoms with E-state index in [-0.39, 0.29) is 35.1 Å². The molecular weight excluding hydrogens is 647 g/mol. The summed E-state index contributed by atoms with van der Waals surface area (Å²) < 4.78 is 38.9. The van der Waals surface area contributed by atoms with Gasteiger partial charge >= 0.3 is 5.97 Å². The van der Waals surface area contributed by atoms with Gasteiger partial charge in [0.15, 0.2) is 23.2 Å². The van der Waals surface area contributed by atoms with Gasteiger partial charge in [-0.25, -0.2) is 18.4 Å². The van der Waals surface area contributed by atoms with Crippen molar-refractivity contribution in [2.75, 3.05) is 11.5 Å². The number of nitrogens with zero attached hydrogens (tertiary/aromatic N) is 3. The Balaban J connectivity index is 1.48. The highest BCUT2D eigenvalue weighted by atomic mass is 32.2. The molecule has 3 aromatic carbocycles. The number of fused-ring (bicyclic) bond motifs is 8. The zero-order valence-electron chi connectivity index (χ0n) is 28.3. The number of aryl methyl sites for hydroxylation is 2. The molecule has 0 aliphatic carbocycles. The highest BCUT2D eigenvalue weighted by Crippen LogP contribution is 2.40. The van der Waals surface area contributed by atoms with Crippen LogP contribution >= 0.6 is 11.8 Å². The molecule has 2 aromatic heterocycles. The SMILES string of the molecule is CC(Cc1cccc(C2(C)CCC(=O)C(C)(C)CSCCc3c(c(F)cc4[nH]ccc34)Oc3ccc(F)c(c3)-c3nc2nn3C)c1)C(=O)O. The van der Waals surface area contributed by atoms with E-state index in [1.54, 1.807) is 31.9 Å². The Bertz CT molecular complexity index is 2050. The van der Waals surface area contributed by atoms with Crippen LogP contribution in [0.4, 0.5) is 8.78 Å². The number of rotatable bonds is 4. The molecule has 11 heteroatoms. The maximum Gasteiger partial charge on any atom is 0.306 e. The first-order chi connectivity index (χ1) is 23.3. The number of aromatic amines is 1. The van der Waals surface area contributed by atoms with Crippen LogP contribution < -0.4 is 4.74 Å². The number of Topliss-reactive ketones (excluding diaryl/α,β-unsaturated/α-hetero) is 1. The van der Waals surface area contributed by atoms with Gasteiger partial charge in [-0.1, -0.05) is 45.0 Å². The molecule has 4 bridgehead atoms. The monoisotopic (exact) mass is 686 g/mol. The third-order valence-corrected chi connectivity index (χ3v) is 11.0. The zero-order valence-corrected chi connectivity index (χ0v) is 29.1. The highest BCUT2D eigenvalue weighted by molar-refractivity contribution is 7.99. The molecular formula is C38H40F2N4O4S. The smallest absolute Gasteiger partial charge is 0.306 e. The number of carboxylic acid groups (broad SMARTS) is 1. The van der Waals surface area contributed by atoms with E-state index in [4.69, 9.17) is 14.8 Å². The minimum absolute atomic E-state index is 0.0741. The van der Waals surface area contributed by atoms with Crippen molar-refractivity contribution in [1.29, 1.82) is 0 Å². The summed E-state index contributed by atoms with van der Waals surface area (Å²) in [7, 11) is 1.68. The minimum Gasteiger partial charge on any atom is -0.481 e. The Morgan fingerprint density at radius 3 is 2.67 bits per heavy atom. The van der Waals surface area contributed by atoms with E-state index in [1.807, 2.05) is 51.1 Å². The van der Waals surface area contributed by atoms with Gasteiger partial charge in [0.25, 0.3) is 0 Å². The van der Waals surface area contributed by atoms with Gasteiger partial charge in [0, 0.05) is 53.4 Å². The Labute approximate surface area is 288 Å². The number of carbonyl (C=O) groups excluding carboxylic acids is 1. The molecule has 0 radical (unpaired) electrons. The maximum atomic E-state index is 15.6. The average molecular weight is 687 g/mol. The number of thioether (sulfide) groups is 1. The van der Waals surface area contributed by atoms with Gasteiger partial charge in [-0.15, -0.1) is 0 Å². The van der Waals surface area contributed by atoms with Crippen LogP contribution in [0.3, 0.4) is 0 Å². The summed E-state index contributed by atoms with van der Waals surface area (Å²) in [6.45, 7) is 7.52. The van der Waals surface area contributed by atoms with Crippen molar-refractivity contribution in [2.24, 2.45) is 18.4 Å². The summed E-state index contributed by atoms with van der Waals surface area (Å²) in [6.07, 6.45) is 3.20. The quantitative estimate of drug-likeness (QED) is 0.196. The van der Waals surface area contributed by atoms with Crippen LogP contribution in [0.15, 0.2) is 60.8 Å². The Morgan fingerprint density at radius 2 is 1.90 bits per heavy atom. The normalized spacial score (nSPS) is 19.0. The molecule has 0 spiro atoms. The molecule has 2 N–H and O–H groups in total. The minimum atomic E-state index is -0.883. The van der Waals surface area contributed by atoms with Crippen LogP contribution in [-0.2, 0) is 34.9 Å². The van der Waals surface area contributed by atoms with Crippen LogP contribution in [0.1, 0.15) is 63.1 Å². The fourth-order valence-electron chi connectivity index (χ4n) is 6.44. The lowest BCUT2D eigenvalue weighted by molar-refractivity contribution is -0.141. The number of hydrogen-bond acceptors (Lipinski definition) is 6. The highest BCUT2D eigenvalue weighted by Gasteiger charge is 2.37. The van der Waals surface area contributed by atoms with E-state index in [1.165, 1.54) is 28.9 Å². The van der Waals surface area contributed by atoms with Crippen molar-refractivity contribution in [3.05, 3.63) is 94.9 Å². The summed E-state index contributed by atoms with van der Waals surface area (Å²) in [5.74, 6) is -0.314. The van der Waals surface area contributed by atoms with E-state index in [9.17, 15) is 14.7 Å². The fraction of sp³-hybridized carbons (Fsp3) is 0.368. The van der Waals surface area contributed by atoms with E-state index < -0.39 is 34.4 Å². The number of H-pyrrole nitrogens is 1. The molecule has 49 heavy (non-hydrogen) atoms. The number of ether oxygens (including phenoxy) is 1. The van der Waals surface area contributed by atoms with Crippen molar-refractivity contribution < 1.29 is 28.2 Å². The van der Waals surface area contributed by atoms with Crippen molar-refractivity contribution in [2.45, 2.75) is 58.8 Å². The topological polar surface area (TPSA) is 110 Å². The molecule has 0 amide bonds. The number of carboxylic acids is 1. The lowest BCUT2D eigenvalue weighted by atomic mass is 9.74. The first-order valence-electron chi connectivity index (χ1n) is 16.4. The molecule has 0 fully saturated rings. The zero-order chi connectivity index (χ0) is 35.1. The summed E-state index contributed by atoms with van der Waals surface area (Å²) in [4.78, 5) is 33.4. The molecule has 1 aliphatic heterocycles. The molecule has 6 rings (SSSR count). The largest absolute Gasteiger partial charge is 0.481 e. The van der Waals surface area contributed by atoms with Crippen molar-refractivity contribution >= 4 is 34.4 Å². The first-order valence-corrected chi connectivity index (χ1v) is 17.5. The van der Waals surface area contributed by atoms with Gasteiger partial charge in [-0.2, -0.15) is 16.9 Å². The summed E-state index contributed by atoms with van der Waals surface area (Å²) in [6, 6.07) is 15.2. The van der Waals surface area contributed by atoms with Crippen molar-refractivity contribution in [3.63, 3.8) is 0 Å². The number of carbonyl (C=O) groups is 2. The number of nitrogens with one attached hydrogen (secondary N) is 1. The fourth-order valence-corrected chi connectivity index (χ4v) is 7.61. The lowest BCUT2D eigenvalue weighted by Gasteiger charge is -2.30. The number of ketones is 1. The van der Waals surface area contributed by atoms with Crippen LogP contribution in [0, 0.1) is 23.0 Å². The molecule has 3 heterocycles. The predicted octanol–water partition coefficient (Wildman–Crippen LogP) is 8.27. The standard InChI is InChI=1S/C38H40F2N4O4S/c1-22(35(46)47)17-23-7-6-8-24(18-23)38(4)14-11-32(45)37(2,3)21-49-16-13-27-26-12-15-41-31(26)20-30(40)33(27)48-25-9-10-29(39)28(19-25)34-42-36(38)43-44(34)5/h6-10,12,15,18-20,22,41H,11,13-14,16-17,21H2,1-5H3,(H,46,47). The van der Waals surface area contributed by atoms with Crippen LogP contribution in [-0.4, -0.2) is 48.1 Å². The van der Waals surface area contributed by atoms with Gasteiger partial charge < -0.3 is 14.8 Å².